The lowest BCUT2D eigenvalue weighted by Crippen LogP contribution is -2.34. The van der Waals surface area contributed by atoms with Crippen molar-refractivity contribution < 1.29 is 4.79 Å². The highest BCUT2D eigenvalue weighted by Crippen LogP contribution is 2.29. The summed E-state index contributed by atoms with van der Waals surface area (Å²) in [5.74, 6) is -0.0334. The molecule has 5 nitrogen and oxygen atoms in total. The van der Waals surface area contributed by atoms with Crippen molar-refractivity contribution in [2.24, 2.45) is 0 Å². The Morgan fingerprint density at radius 2 is 1.58 bits per heavy atom. The Hall–Kier alpha value is -2.38. The quantitative estimate of drug-likeness (QED) is 0.604. The number of anilines is 1. The van der Waals surface area contributed by atoms with Gasteiger partial charge in [-0.1, -0.05) is 83.8 Å². The van der Waals surface area contributed by atoms with Crippen LogP contribution in [0.2, 0.25) is 0 Å². The number of nitrogens with zero attached hydrogens (tertiary/aromatic N) is 2. The van der Waals surface area contributed by atoms with Gasteiger partial charge in [0.1, 0.15) is 0 Å². The van der Waals surface area contributed by atoms with Crippen molar-refractivity contribution >= 4 is 34.1 Å². The van der Waals surface area contributed by atoms with Crippen molar-refractivity contribution in [2.45, 2.75) is 22.6 Å². The van der Waals surface area contributed by atoms with Gasteiger partial charge in [-0.2, -0.15) is 0 Å². The maximum absolute atomic E-state index is 12.8. The van der Waals surface area contributed by atoms with Crippen LogP contribution in [-0.4, -0.2) is 28.4 Å². The SMILES string of the molecule is CNc1nnc(S[C@@H](C)C(=O)NC(c2ccccc2)c2ccccc2)s1. The third-order valence-corrected chi connectivity index (χ3v) is 5.94. The highest BCUT2D eigenvalue weighted by atomic mass is 32.2. The molecule has 1 heterocycles. The number of thioether (sulfide) groups is 1. The van der Waals surface area contributed by atoms with E-state index < -0.39 is 0 Å². The Bertz CT molecular complexity index is 800. The van der Waals surface area contributed by atoms with Crippen LogP contribution in [0.15, 0.2) is 65.0 Å². The molecule has 1 atom stereocenters. The van der Waals surface area contributed by atoms with Crippen LogP contribution in [0.3, 0.4) is 0 Å². The number of nitrogens with one attached hydrogen (secondary N) is 2. The molecule has 1 amide bonds. The van der Waals surface area contributed by atoms with Crippen LogP contribution in [0.5, 0.6) is 0 Å². The van der Waals surface area contributed by atoms with Gasteiger partial charge >= 0.3 is 0 Å². The molecule has 26 heavy (non-hydrogen) atoms. The summed E-state index contributed by atoms with van der Waals surface area (Å²) >= 11 is 2.85. The first-order valence-corrected chi connectivity index (χ1v) is 9.95. The number of hydrogen-bond donors (Lipinski definition) is 2. The van der Waals surface area contributed by atoms with Crippen molar-refractivity contribution in [2.75, 3.05) is 12.4 Å². The average Bonchev–Trinajstić information content (AvgIpc) is 3.14. The minimum atomic E-state index is -0.275. The number of benzene rings is 2. The van der Waals surface area contributed by atoms with Crippen LogP contribution >= 0.6 is 23.1 Å². The minimum Gasteiger partial charge on any atom is -0.363 e. The fraction of sp³-hybridized carbons (Fsp3) is 0.211. The zero-order chi connectivity index (χ0) is 18.4. The molecule has 0 spiro atoms. The van der Waals surface area contributed by atoms with Gasteiger partial charge in [-0.3, -0.25) is 4.79 Å². The standard InChI is InChI=1S/C19H20N4OS2/c1-13(25-19-23-22-18(20-2)26-19)17(24)21-16(14-9-5-3-6-10-14)15-11-7-4-8-12-15/h3-13,16H,1-2H3,(H,20,22)(H,21,24)/t13-/m0/s1. The molecule has 0 aliphatic carbocycles. The predicted molar refractivity (Wildman–Crippen MR) is 108 cm³/mol. The zero-order valence-corrected chi connectivity index (χ0v) is 16.2. The van der Waals surface area contributed by atoms with E-state index in [2.05, 4.69) is 20.8 Å². The molecule has 0 saturated heterocycles. The molecule has 1 aromatic heterocycles. The first-order valence-electron chi connectivity index (χ1n) is 8.25. The summed E-state index contributed by atoms with van der Waals surface area (Å²) in [7, 11) is 1.80. The van der Waals surface area contributed by atoms with E-state index in [9.17, 15) is 4.79 Å². The summed E-state index contributed by atoms with van der Waals surface area (Å²) in [4.78, 5) is 12.8. The predicted octanol–water partition coefficient (Wildman–Crippen LogP) is 3.97. The normalized spacial score (nSPS) is 12.0. The molecule has 0 saturated carbocycles. The fourth-order valence-electron chi connectivity index (χ4n) is 2.47. The largest absolute Gasteiger partial charge is 0.363 e. The summed E-state index contributed by atoms with van der Waals surface area (Å²) in [6.45, 7) is 1.88. The lowest BCUT2D eigenvalue weighted by Gasteiger charge is -2.21. The minimum absolute atomic E-state index is 0.0334. The van der Waals surface area contributed by atoms with Gasteiger partial charge in [0.25, 0.3) is 0 Å². The van der Waals surface area contributed by atoms with Crippen LogP contribution in [0, 0.1) is 0 Å². The number of hydrogen-bond acceptors (Lipinski definition) is 6. The van der Waals surface area contributed by atoms with Crippen molar-refractivity contribution in [3.05, 3.63) is 71.8 Å². The van der Waals surface area contributed by atoms with Gasteiger partial charge in [-0.05, 0) is 18.1 Å². The fourth-order valence-corrected chi connectivity index (χ4v) is 4.33. The Morgan fingerprint density at radius 1 is 1.00 bits per heavy atom. The van der Waals surface area contributed by atoms with E-state index in [4.69, 9.17) is 0 Å². The second-order valence-electron chi connectivity index (χ2n) is 5.65. The first kappa shape index (κ1) is 18.4. The maximum Gasteiger partial charge on any atom is 0.234 e. The molecule has 7 heteroatoms. The lowest BCUT2D eigenvalue weighted by atomic mass is 9.98. The number of carbonyl (C=O) groups is 1. The average molecular weight is 385 g/mol. The van der Waals surface area contributed by atoms with E-state index >= 15 is 0 Å². The summed E-state index contributed by atoms with van der Waals surface area (Å²) in [6.07, 6.45) is 0. The van der Waals surface area contributed by atoms with E-state index in [1.807, 2.05) is 67.6 Å². The number of amides is 1. The molecular weight excluding hydrogens is 364 g/mol. The van der Waals surface area contributed by atoms with Crippen molar-refractivity contribution in [1.29, 1.82) is 0 Å². The maximum atomic E-state index is 12.8. The van der Waals surface area contributed by atoms with Crippen LogP contribution in [0.1, 0.15) is 24.1 Å². The summed E-state index contributed by atoms with van der Waals surface area (Å²) < 4.78 is 0.771. The van der Waals surface area contributed by atoms with Gasteiger partial charge in [-0.25, -0.2) is 0 Å². The lowest BCUT2D eigenvalue weighted by molar-refractivity contribution is -0.120. The molecule has 0 unspecified atom stereocenters. The topological polar surface area (TPSA) is 66.9 Å². The van der Waals surface area contributed by atoms with E-state index in [-0.39, 0.29) is 17.2 Å². The molecule has 2 aromatic carbocycles. The Kier molecular flexibility index (Phi) is 6.25. The molecule has 0 aliphatic heterocycles. The summed E-state index contributed by atoms with van der Waals surface area (Å²) in [5, 5.41) is 14.7. The molecule has 3 aromatic rings. The zero-order valence-electron chi connectivity index (χ0n) is 14.5. The highest BCUT2D eigenvalue weighted by Gasteiger charge is 2.22. The van der Waals surface area contributed by atoms with Crippen LogP contribution in [-0.2, 0) is 4.79 Å². The molecule has 2 N–H and O–H groups in total. The van der Waals surface area contributed by atoms with Crippen molar-refractivity contribution in [3.8, 4) is 0 Å². The van der Waals surface area contributed by atoms with E-state index in [1.165, 1.54) is 23.1 Å². The Balaban J connectivity index is 1.74. The van der Waals surface area contributed by atoms with Gasteiger partial charge in [0.2, 0.25) is 11.0 Å². The van der Waals surface area contributed by atoms with Gasteiger partial charge in [0.05, 0.1) is 11.3 Å². The van der Waals surface area contributed by atoms with Gasteiger partial charge in [0, 0.05) is 7.05 Å². The number of rotatable bonds is 7. The molecule has 0 bridgehead atoms. The van der Waals surface area contributed by atoms with Gasteiger partial charge in [0.15, 0.2) is 4.34 Å². The first-order chi connectivity index (χ1) is 12.7. The molecule has 134 valence electrons. The van der Waals surface area contributed by atoms with E-state index in [0.717, 1.165) is 20.6 Å². The number of carbonyl (C=O) groups excluding carboxylic acids is 1. The summed E-state index contributed by atoms with van der Waals surface area (Å²) in [6, 6.07) is 19.8. The van der Waals surface area contributed by atoms with Gasteiger partial charge in [-0.15, -0.1) is 10.2 Å². The third kappa shape index (κ3) is 4.62. The molecular formula is C19H20N4OS2. The van der Waals surface area contributed by atoms with Crippen LogP contribution in [0.4, 0.5) is 5.13 Å². The van der Waals surface area contributed by atoms with Crippen molar-refractivity contribution in [3.63, 3.8) is 0 Å². The smallest absolute Gasteiger partial charge is 0.234 e. The second kappa shape index (κ2) is 8.82. The third-order valence-electron chi connectivity index (χ3n) is 3.82. The monoisotopic (exact) mass is 384 g/mol. The van der Waals surface area contributed by atoms with Crippen LogP contribution in [0.25, 0.3) is 0 Å². The molecule has 0 fully saturated rings. The summed E-state index contributed by atoms with van der Waals surface area (Å²) in [5.41, 5.74) is 2.11. The Labute approximate surface area is 161 Å². The highest BCUT2D eigenvalue weighted by molar-refractivity contribution is 8.02. The molecule has 3 rings (SSSR count). The molecule has 0 aliphatic rings. The van der Waals surface area contributed by atoms with Crippen LogP contribution < -0.4 is 10.6 Å². The number of aromatic nitrogens is 2. The van der Waals surface area contributed by atoms with Gasteiger partial charge < -0.3 is 10.6 Å². The second-order valence-corrected chi connectivity index (χ2v) is 8.21. The van der Waals surface area contributed by atoms with E-state index in [0.29, 0.717) is 0 Å². The Morgan fingerprint density at radius 3 is 2.08 bits per heavy atom. The van der Waals surface area contributed by atoms with Crippen molar-refractivity contribution in [1.82, 2.24) is 15.5 Å². The van der Waals surface area contributed by atoms with E-state index in [1.54, 1.807) is 7.05 Å². The molecule has 0 radical (unpaired) electrons.